The van der Waals surface area contributed by atoms with Gasteiger partial charge in [-0.2, -0.15) is 0 Å². The lowest BCUT2D eigenvalue weighted by Gasteiger charge is -2.10. The number of amides is 1. The molecule has 0 atom stereocenters. The molecule has 0 fully saturated rings. The van der Waals surface area contributed by atoms with Crippen molar-refractivity contribution in [1.82, 2.24) is 4.57 Å². The van der Waals surface area contributed by atoms with Crippen molar-refractivity contribution in [2.45, 2.75) is 6.54 Å². The van der Waals surface area contributed by atoms with Crippen LogP contribution in [0.5, 0.6) is 5.75 Å². The molecular weight excluding hydrogens is 455 g/mol. The SMILES string of the molecule is COc1ccc(-c2c[c]c3c4c(C(N)=O)cccc4n(Cc4cc(Cl)cc(Cl)c4)c3c2)cc1. The molecule has 0 aliphatic carbocycles. The maximum atomic E-state index is 12.2. The summed E-state index contributed by atoms with van der Waals surface area (Å²) in [5, 5.41) is 2.77. The van der Waals surface area contributed by atoms with Crippen LogP contribution < -0.4 is 10.5 Å². The number of hydrogen-bond acceptors (Lipinski definition) is 2. The monoisotopic (exact) mass is 473 g/mol. The molecule has 0 saturated heterocycles. The fraction of sp³-hybridized carbons (Fsp3) is 0.0741. The van der Waals surface area contributed by atoms with E-state index in [4.69, 9.17) is 33.7 Å². The summed E-state index contributed by atoms with van der Waals surface area (Å²) in [4.78, 5) is 12.2. The molecule has 6 heteroatoms. The number of primary amides is 1. The largest absolute Gasteiger partial charge is 0.497 e. The Morgan fingerprint density at radius 2 is 1.70 bits per heavy atom. The van der Waals surface area contributed by atoms with Gasteiger partial charge < -0.3 is 15.0 Å². The quantitative estimate of drug-likeness (QED) is 0.307. The van der Waals surface area contributed by atoms with E-state index in [0.717, 1.165) is 44.2 Å². The van der Waals surface area contributed by atoms with Crippen LogP contribution in [0.3, 0.4) is 0 Å². The number of nitrogens with zero attached hydrogens (tertiary/aromatic N) is 1. The van der Waals surface area contributed by atoms with E-state index >= 15 is 0 Å². The summed E-state index contributed by atoms with van der Waals surface area (Å²) in [7, 11) is 1.64. The normalized spacial score (nSPS) is 11.2. The van der Waals surface area contributed by atoms with Crippen LogP contribution >= 0.6 is 23.2 Å². The van der Waals surface area contributed by atoms with E-state index in [2.05, 4.69) is 16.7 Å². The van der Waals surface area contributed by atoms with Crippen LogP contribution in [-0.2, 0) is 6.54 Å². The lowest BCUT2D eigenvalue weighted by Crippen LogP contribution is -2.11. The van der Waals surface area contributed by atoms with Crippen molar-refractivity contribution < 1.29 is 9.53 Å². The summed E-state index contributed by atoms with van der Waals surface area (Å²) >= 11 is 12.5. The number of ether oxygens (including phenoxy) is 1. The lowest BCUT2D eigenvalue weighted by molar-refractivity contribution is 0.100. The van der Waals surface area contributed by atoms with Crippen molar-refractivity contribution in [3.05, 3.63) is 100 Å². The van der Waals surface area contributed by atoms with Crippen molar-refractivity contribution in [2.24, 2.45) is 5.73 Å². The molecule has 1 aromatic heterocycles. The summed E-state index contributed by atoms with van der Waals surface area (Å²) < 4.78 is 7.42. The van der Waals surface area contributed by atoms with Gasteiger partial charge in [0.15, 0.2) is 0 Å². The van der Waals surface area contributed by atoms with E-state index < -0.39 is 5.91 Å². The van der Waals surface area contributed by atoms with E-state index in [1.54, 1.807) is 19.2 Å². The summed E-state index contributed by atoms with van der Waals surface area (Å²) in [5.74, 6) is 0.319. The van der Waals surface area contributed by atoms with Crippen LogP contribution in [0.25, 0.3) is 32.9 Å². The molecule has 0 aliphatic heterocycles. The molecule has 0 aliphatic rings. The van der Waals surface area contributed by atoms with Gasteiger partial charge in [-0.1, -0.05) is 41.4 Å². The lowest BCUT2D eigenvalue weighted by atomic mass is 10.0. The average Bonchev–Trinajstić information content (AvgIpc) is 3.11. The van der Waals surface area contributed by atoms with Gasteiger partial charge in [0.2, 0.25) is 5.91 Å². The van der Waals surface area contributed by atoms with E-state index in [-0.39, 0.29) is 0 Å². The van der Waals surface area contributed by atoms with Gasteiger partial charge in [-0.3, -0.25) is 4.79 Å². The number of halogens is 2. The second kappa shape index (κ2) is 8.47. The fourth-order valence-electron chi connectivity index (χ4n) is 4.27. The average molecular weight is 474 g/mol. The first kappa shape index (κ1) is 21.4. The van der Waals surface area contributed by atoms with Crippen LogP contribution in [0, 0.1) is 6.07 Å². The molecule has 1 radical (unpaired) electrons. The minimum atomic E-state index is -0.474. The molecule has 4 nitrogen and oxygen atoms in total. The molecule has 5 aromatic rings. The number of carbonyl (C=O) groups is 1. The molecule has 2 N–H and O–H groups in total. The Labute approximate surface area is 201 Å². The fourth-order valence-corrected chi connectivity index (χ4v) is 4.84. The number of fused-ring (bicyclic) bond motifs is 3. The molecule has 1 heterocycles. The Morgan fingerprint density at radius 1 is 0.970 bits per heavy atom. The maximum Gasteiger partial charge on any atom is 0.249 e. The first-order valence-corrected chi connectivity index (χ1v) is 11.1. The second-order valence-electron chi connectivity index (χ2n) is 7.80. The molecule has 0 unspecified atom stereocenters. The van der Waals surface area contributed by atoms with Crippen LogP contribution in [0.4, 0.5) is 0 Å². The van der Waals surface area contributed by atoms with E-state index in [1.807, 2.05) is 54.6 Å². The smallest absolute Gasteiger partial charge is 0.249 e. The molecule has 163 valence electrons. The summed E-state index contributed by atoms with van der Waals surface area (Å²) in [6.07, 6.45) is 0. The maximum absolute atomic E-state index is 12.2. The number of rotatable bonds is 5. The van der Waals surface area contributed by atoms with Crippen LogP contribution in [0.15, 0.2) is 72.8 Å². The number of carbonyl (C=O) groups excluding carboxylic acids is 1. The Morgan fingerprint density at radius 3 is 2.36 bits per heavy atom. The first-order valence-electron chi connectivity index (χ1n) is 10.3. The highest BCUT2D eigenvalue weighted by molar-refractivity contribution is 6.34. The number of nitrogens with two attached hydrogens (primary N) is 1. The third-order valence-electron chi connectivity index (χ3n) is 5.75. The highest BCUT2D eigenvalue weighted by Crippen LogP contribution is 2.35. The van der Waals surface area contributed by atoms with Crippen molar-refractivity contribution in [3.63, 3.8) is 0 Å². The van der Waals surface area contributed by atoms with E-state index in [1.165, 1.54) is 0 Å². The van der Waals surface area contributed by atoms with Gasteiger partial charge in [0.1, 0.15) is 5.75 Å². The molecule has 1 amide bonds. The minimum absolute atomic E-state index is 0.467. The Kier molecular flexibility index (Phi) is 5.49. The van der Waals surface area contributed by atoms with Gasteiger partial charge in [0, 0.05) is 32.9 Å². The van der Waals surface area contributed by atoms with Gasteiger partial charge in [0.05, 0.1) is 18.1 Å². The Hall–Kier alpha value is -3.47. The highest BCUT2D eigenvalue weighted by atomic mass is 35.5. The van der Waals surface area contributed by atoms with Crippen molar-refractivity contribution in [3.8, 4) is 16.9 Å². The summed E-state index contributed by atoms with van der Waals surface area (Å²) in [5.41, 5.74) is 11.0. The topological polar surface area (TPSA) is 57.2 Å². The summed E-state index contributed by atoms with van der Waals surface area (Å²) in [6.45, 7) is 0.516. The van der Waals surface area contributed by atoms with E-state index in [0.29, 0.717) is 22.2 Å². The van der Waals surface area contributed by atoms with Gasteiger partial charge in [0.25, 0.3) is 0 Å². The Balaban J connectivity index is 1.77. The molecule has 33 heavy (non-hydrogen) atoms. The third kappa shape index (κ3) is 3.92. The molecule has 4 aromatic carbocycles. The first-order chi connectivity index (χ1) is 15.9. The van der Waals surface area contributed by atoms with Crippen molar-refractivity contribution in [1.29, 1.82) is 0 Å². The van der Waals surface area contributed by atoms with Crippen molar-refractivity contribution in [2.75, 3.05) is 7.11 Å². The molecular formula is C27H19Cl2N2O2. The predicted molar refractivity (Wildman–Crippen MR) is 134 cm³/mol. The number of benzene rings is 4. The third-order valence-corrected chi connectivity index (χ3v) is 6.18. The highest BCUT2D eigenvalue weighted by Gasteiger charge is 2.18. The minimum Gasteiger partial charge on any atom is -0.497 e. The number of aromatic nitrogens is 1. The van der Waals surface area contributed by atoms with Gasteiger partial charge in [-0.15, -0.1) is 0 Å². The van der Waals surface area contributed by atoms with Gasteiger partial charge in [-0.05, 0) is 77.4 Å². The van der Waals surface area contributed by atoms with E-state index in [9.17, 15) is 4.79 Å². The zero-order chi connectivity index (χ0) is 23.1. The number of methoxy groups -OCH3 is 1. The molecule has 0 spiro atoms. The Bertz CT molecular complexity index is 1500. The zero-order valence-electron chi connectivity index (χ0n) is 17.7. The molecule has 0 saturated carbocycles. The van der Waals surface area contributed by atoms with Gasteiger partial charge >= 0.3 is 0 Å². The second-order valence-corrected chi connectivity index (χ2v) is 8.68. The molecule has 5 rings (SSSR count). The van der Waals surface area contributed by atoms with Crippen LogP contribution in [0.1, 0.15) is 15.9 Å². The zero-order valence-corrected chi connectivity index (χ0v) is 19.2. The predicted octanol–water partition coefficient (Wildman–Crippen LogP) is 6.72. The number of hydrogen-bond donors (Lipinski definition) is 1. The standard InChI is InChI=1S/C27H19Cl2N2O2/c1-33-21-8-5-17(6-9-21)18-7-10-22-25(13-18)31(15-16-11-19(28)14-20(29)12-16)24-4-2-3-23(26(22)24)27(30)32/h2-9,11-14H,15H2,1H3,(H2,30,32). The van der Waals surface area contributed by atoms with Crippen molar-refractivity contribution >= 4 is 50.9 Å². The van der Waals surface area contributed by atoms with Crippen LogP contribution in [0.2, 0.25) is 10.0 Å². The molecule has 0 bridgehead atoms. The van der Waals surface area contributed by atoms with Crippen LogP contribution in [-0.4, -0.2) is 17.6 Å². The summed E-state index contributed by atoms with van der Waals surface area (Å²) in [6, 6.07) is 26.4. The van der Waals surface area contributed by atoms with Gasteiger partial charge in [-0.25, -0.2) is 0 Å².